The van der Waals surface area contributed by atoms with E-state index in [0.717, 1.165) is 0 Å². The van der Waals surface area contributed by atoms with Crippen LogP contribution in [0.15, 0.2) is 42.5 Å². The van der Waals surface area contributed by atoms with E-state index in [2.05, 4.69) is 5.32 Å². The number of hydrogen-bond donors (Lipinski definition) is 2. The van der Waals surface area contributed by atoms with Crippen molar-refractivity contribution in [2.24, 2.45) is 0 Å². The molecule has 0 saturated carbocycles. The fraction of sp³-hybridized carbons (Fsp3) is 0. The molecule has 0 aliphatic rings. The number of hydrogen-bond acceptors (Lipinski definition) is 3. The quantitative estimate of drug-likeness (QED) is 0.824. The van der Waals surface area contributed by atoms with E-state index in [4.69, 9.17) is 22.6 Å². The van der Waals surface area contributed by atoms with Gasteiger partial charge in [-0.25, -0.2) is 0 Å². The highest BCUT2D eigenvalue weighted by molar-refractivity contribution is 6.34. The molecule has 0 aliphatic heterocycles. The molecule has 0 aromatic heterocycles. The average Bonchev–Trinajstić information content (AvgIpc) is 2.43. The molecule has 19 heavy (non-hydrogen) atoms. The lowest BCUT2D eigenvalue weighted by Crippen LogP contribution is -2.12. The summed E-state index contributed by atoms with van der Waals surface area (Å²) in [7, 11) is 0. The number of halogens is 1. The summed E-state index contributed by atoms with van der Waals surface area (Å²) in [4.78, 5) is 12.0. The van der Waals surface area contributed by atoms with Crippen LogP contribution in [0, 0.1) is 11.3 Å². The first-order chi connectivity index (χ1) is 9.10. The molecule has 5 heteroatoms. The lowest BCUT2D eigenvalue weighted by molar-refractivity contribution is 0.102. The minimum absolute atomic E-state index is 0.343. The summed E-state index contributed by atoms with van der Waals surface area (Å²) in [5.74, 6) is -0.343. The highest BCUT2D eigenvalue weighted by Crippen LogP contribution is 2.24. The number of amides is 1. The van der Waals surface area contributed by atoms with E-state index in [1.807, 2.05) is 6.07 Å². The summed E-state index contributed by atoms with van der Waals surface area (Å²) in [6.07, 6.45) is 0. The number of nitrogens with two attached hydrogens (primary N) is 1. The van der Waals surface area contributed by atoms with Crippen LogP contribution in [0.4, 0.5) is 11.4 Å². The fourth-order valence-electron chi connectivity index (χ4n) is 1.56. The normalized spacial score (nSPS) is 9.68. The van der Waals surface area contributed by atoms with Crippen LogP contribution in [0.2, 0.25) is 5.02 Å². The molecule has 0 bridgehead atoms. The van der Waals surface area contributed by atoms with Crippen molar-refractivity contribution in [2.45, 2.75) is 0 Å². The zero-order chi connectivity index (χ0) is 13.8. The summed E-state index contributed by atoms with van der Waals surface area (Å²) in [6, 6.07) is 13.2. The molecule has 0 aliphatic carbocycles. The Morgan fingerprint density at radius 3 is 2.79 bits per heavy atom. The number of nitrogen functional groups attached to an aromatic ring is 1. The Morgan fingerprint density at radius 1 is 1.26 bits per heavy atom. The van der Waals surface area contributed by atoms with Gasteiger partial charge in [0, 0.05) is 11.3 Å². The largest absolute Gasteiger partial charge is 0.399 e. The molecule has 2 aromatic rings. The first-order valence-electron chi connectivity index (χ1n) is 5.46. The second-order valence-electron chi connectivity index (χ2n) is 3.89. The molecular weight excluding hydrogens is 262 g/mol. The lowest BCUT2D eigenvalue weighted by atomic mass is 10.1. The van der Waals surface area contributed by atoms with Crippen molar-refractivity contribution in [3.8, 4) is 6.07 Å². The number of carbonyl (C=O) groups excluding carboxylic acids is 1. The molecule has 0 unspecified atom stereocenters. The molecular formula is C14H10ClN3O. The fourth-order valence-corrected chi connectivity index (χ4v) is 1.73. The van der Waals surface area contributed by atoms with Crippen LogP contribution in [-0.4, -0.2) is 5.91 Å². The Balaban J connectivity index is 2.26. The number of nitrogens with zero attached hydrogens (tertiary/aromatic N) is 1. The van der Waals surface area contributed by atoms with E-state index in [1.165, 1.54) is 6.07 Å². The molecule has 0 atom stereocenters. The SMILES string of the molecule is N#Cc1cccc(C(=O)Nc2cc(N)ccc2Cl)c1. The molecule has 0 radical (unpaired) electrons. The molecule has 2 aromatic carbocycles. The monoisotopic (exact) mass is 271 g/mol. The molecule has 0 heterocycles. The minimum Gasteiger partial charge on any atom is -0.399 e. The maximum absolute atomic E-state index is 12.0. The number of rotatable bonds is 2. The van der Waals surface area contributed by atoms with Gasteiger partial charge in [0.15, 0.2) is 0 Å². The molecule has 4 nitrogen and oxygen atoms in total. The maximum Gasteiger partial charge on any atom is 0.255 e. The molecule has 0 spiro atoms. The highest BCUT2D eigenvalue weighted by atomic mass is 35.5. The van der Waals surface area contributed by atoms with E-state index in [-0.39, 0.29) is 5.91 Å². The molecule has 3 N–H and O–H groups in total. The molecule has 1 amide bonds. The van der Waals surface area contributed by atoms with Gasteiger partial charge in [0.05, 0.1) is 22.3 Å². The van der Waals surface area contributed by atoms with Gasteiger partial charge in [-0.15, -0.1) is 0 Å². The van der Waals surface area contributed by atoms with Gasteiger partial charge in [-0.2, -0.15) is 5.26 Å². The number of anilines is 2. The number of benzene rings is 2. The van der Waals surface area contributed by atoms with Crippen LogP contribution < -0.4 is 11.1 Å². The van der Waals surface area contributed by atoms with Gasteiger partial charge in [0.2, 0.25) is 0 Å². The van der Waals surface area contributed by atoms with Gasteiger partial charge in [0.25, 0.3) is 5.91 Å². The van der Waals surface area contributed by atoms with Crippen LogP contribution in [-0.2, 0) is 0 Å². The minimum atomic E-state index is -0.343. The smallest absolute Gasteiger partial charge is 0.255 e. The third kappa shape index (κ3) is 3.03. The van der Waals surface area contributed by atoms with Crippen LogP contribution in [0.3, 0.4) is 0 Å². The predicted molar refractivity (Wildman–Crippen MR) is 75.0 cm³/mol. The summed E-state index contributed by atoms with van der Waals surface area (Å²) >= 11 is 5.96. The van der Waals surface area contributed by atoms with Gasteiger partial charge in [-0.05, 0) is 36.4 Å². The first-order valence-corrected chi connectivity index (χ1v) is 5.84. The summed E-state index contributed by atoms with van der Waals surface area (Å²) in [5, 5.41) is 11.9. The number of carbonyl (C=O) groups is 1. The van der Waals surface area contributed by atoms with Crippen molar-refractivity contribution >= 4 is 28.9 Å². The zero-order valence-corrected chi connectivity index (χ0v) is 10.6. The van der Waals surface area contributed by atoms with Crippen molar-refractivity contribution in [2.75, 3.05) is 11.1 Å². The Hall–Kier alpha value is -2.51. The van der Waals surface area contributed by atoms with Crippen LogP contribution in [0.1, 0.15) is 15.9 Å². The zero-order valence-electron chi connectivity index (χ0n) is 9.85. The highest BCUT2D eigenvalue weighted by Gasteiger charge is 2.09. The Morgan fingerprint density at radius 2 is 2.05 bits per heavy atom. The Kier molecular flexibility index (Phi) is 3.69. The van der Waals surface area contributed by atoms with E-state index in [1.54, 1.807) is 36.4 Å². The lowest BCUT2D eigenvalue weighted by Gasteiger charge is -2.08. The van der Waals surface area contributed by atoms with Crippen LogP contribution >= 0.6 is 11.6 Å². The Labute approximate surface area is 115 Å². The summed E-state index contributed by atoms with van der Waals surface area (Å²) in [5.41, 5.74) is 7.39. The molecule has 2 rings (SSSR count). The van der Waals surface area contributed by atoms with Gasteiger partial charge in [0.1, 0.15) is 0 Å². The van der Waals surface area contributed by atoms with Crippen molar-refractivity contribution in [3.05, 3.63) is 58.6 Å². The molecule has 0 saturated heterocycles. The standard InChI is InChI=1S/C14H10ClN3O/c15-12-5-4-11(17)7-13(12)18-14(19)10-3-1-2-9(6-10)8-16/h1-7H,17H2,(H,18,19). The molecule has 0 fully saturated rings. The summed E-state index contributed by atoms with van der Waals surface area (Å²) < 4.78 is 0. The second kappa shape index (κ2) is 5.42. The van der Waals surface area contributed by atoms with E-state index in [9.17, 15) is 4.79 Å². The van der Waals surface area contributed by atoms with E-state index in [0.29, 0.717) is 27.5 Å². The average molecular weight is 272 g/mol. The number of nitrogens with one attached hydrogen (secondary N) is 1. The number of nitriles is 1. The second-order valence-corrected chi connectivity index (χ2v) is 4.29. The molecule has 94 valence electrons. The summed E-state index contributed by atoms with van der Waals surface area (Å²) in [6.45, 7) is 0. The first kappa shape index (κ1) is 12.9. The van der Waals surface area contributed by atoms with Gasteiger partial charge >= 0.3 is 0 Å². The van der Waals surface area contributed by atoms with Crippen molar-refractivity contribution in [1.29, 1.82) is 5.26 Å². The van der Waals surface area contributed by atoms with Gasteiger partial charge in [-0.3, -0.25) is 4.79 Å². The van der Waals surface area contributed by atoms with E-state index < -0.39 is 0 Å². The van der Waals surface area contributed by atoms with Gasteiger partial charge < -0.3 is 11.1 Å². The third-order valence-electron chi connectivity index (χ3n) is 2.49. The maximum atomic E-state index is 12.0. The van der Waals surface area contributed by atoms with Crippen molar-refractivity contribution in [1.82, 2.24) is 0 Å². The van der Waals surface area contributed by atoms with Crippen molar-refractivity contribution in [3.63, 3.8) is 0 Å². The van der Waals surface area contributed by atoms with Crippen LogP contribution in [0.25, 0.3) is 0 Å². The third-order valence-corrected chi connectivity index (χ3v) is 2.82. The Bertz CT molecular complexity index is 677. The van der Waals surface area contributed by atoms with Crippen molar-refractivity contribution < 1.29 is 4.79 Å². The van der Waals surface area contributed by atoms with Crippen LogP contribution in [0.5, 0.6) is 0 Å². The predicted octanol–water partition coefficient (Wildman–Crippen LogP) is 3.05. The van der Waals surface area contributed by atoms with Gasteiger partial charge in [-0.1, -0.05) is 17.7 Å². The topological polar surface area (TPSA) is 78.9 Å². The van der Waals surface area contributed by atoms with E-state index >= 15 is 0 Å².